The molecule has 4 nitrogen and oxygen atoms in total. The smallest absolute Gasteiger partial charge is 0.250 e. The van der Waals surface area contributed by atoms with Crippen molar-refractivity contribution in [2.24, 2.45) is 0 Å². The minimum absolute atomic E-state index is 0.164. The summed E-state index contributed by atoms with van der Waals surface area (Å²) in [7, 11) is 0. The molecule has 0 aliphatic heterocycles. The van der Waals surface area contributed by atoms with Gasteiger partial charge in [-0.15, -0.1) is 0 Å². The number of halogens is 1. The minimum atomic E-state index is -0.373. The van der Waals surface area contributed by atoms with E-state index < -0.39 is 0 Å². The summed E-state index contributed by atoms with van der Waals surface area (Å²) in [6.07, 6.45) is 1.54. The molecule has 0 radical (unpaired) electrons. The van der Waals surface area contributed by atoms with Gasteiger partial charge in [-0.25, -0.2) is 4.39 Å². The third-order valence-electron chi connectivity index (χ3n) is 2.75. The Bertz CT molecular complexity index is 638. The van der Waals surface area contributed by atoms with Crippen LogP contribution in [0.5, 0.6) is 5.75 Å². The summed E-state index contributed by atoms with van der Waals surface area (Å²) in [5.41, 5.74) is 6.46. The predicted molar refractivity (Wildman–Crippen MR) is 71.7 cm³/mol. The van der Waals surface area contributed by atoms with Gasteiger partial charge in [0, 0.05) is 18.0 Å². The molecule has 0 unspecified atom stereocenters. The van der Waals surface area contributed by atoms with Gasteiger partial charge < -0.3 is 15.0 Å². The predicted octanol–water partition coefficient (Wildman–Crippen LogP) is 1.96. The highest BCUT2D eigenvalue weighted by molar-refractivity contribution is 5.33. The van der Waals surface area contributed by atoms with Crippen molar-refractivity contribution in [3.05, 3.63) is 58.3 Å². The lowest BCUT2D eigenvalue weighted by Crippen LogP contribution is -2.22. The van der Waals surface area contributed by atoms with Crippen LogP contribution in [0.1, 0.15) is 5.56 Å². The van der Waals surface area contributed by atoms with Crippen LogP contribution in [0.3, 0.4) is 0 Å². The van der Waals surface area contributed by atoms with Gasteiger partial charge in [-0.1, -0.05) is 12.1 Å². The summed E-state index contributed by atoms with van der Waals surface area (Å²) < 4.78 is 20.4. The average Bonchev–Trinajstić information content (AvgIpc) is 2.38. The first-order valence-electron chi connectivity index (χ1n) is 5.92. The highest BCUT2D eigenvalue weighted by Gasteiger charge is 2.05. The zero-order chi connectivity index (χ0) is 13.8. The molecule has 0 aliphatic carbocycles. The van der Waals surface area contributed by atoms with Crippen molar-refractivity contribution in [2.75, 3.05) is 12.3 Å². The topological polar surface area (TPSA) is 57.2 Å². The van der Waals surface area contributed by atoms with Gasteiger partial charge in [0.1, 0.15) is 6.61 Å². The molecule has 100 valence electrons. The maximum Gasteiger partial charge on any atom is 0.250 e. The minimum Gasteiger partial charge on any atom is -0.489 e. The quantitative estimate of drug-likeness (QED) is 0.916. The summed E-state index contributed by atoms with van der Waals surface area (Å²) >= 11 is 0. The molecule has 0 atom stereocenters. The van der Waals surface area contributed by atoms with E-state index in [1.54, 1.807) is 31.2 Å². The fourth-order valence-electron chi connectivity index (χ4n) is 1.71. The molecule has 2 aromatic rings. The second kappa shape index (κ2) is 5.56. The number of hydrogen-bond acceptors (Lipinski definition) is 3. The SMILES string of the molecule is Cc1cccc(OCCn2cc(N)ccc2=O)c1F. The maximum atomic E-state index is 13.7. The fourth-order valence-corrected chi connectivity index (χ4v) is 1.71. The number of hydrogen-bond donors (Lipinski definition) is 1. The van der Waals surface area contributed by atoms with Gasteiger partial charge in [0.05, 0.1) is 6.54 Å². The average molecular weight is 262 g/mol. The van der Waals surface area contributed by atoms with E-state index in [4.69, 9.17) is 10.5 Å². The van der Waals surface area contributed by atoms with Gasteiger partial charge in [-0.3, -0.25) is 4.79 Å². The summed E-state index contributed by atoms with van der Waals surface area (Å²) in [5, 5.41) is 0. The number of nitrogens with two attached hydrogens (primary N) is 1. The lowest BCUT2D eigenvalue weighted by molar-refractivity contribution is 0.282. The Morgan fingerprint density at radius 2 is 2.11 bits per heavy atom. The van der Waals surface area contributed by atoms with Crippen molar-refractivity contribution in [2.45, 2.75) is 13.5 Å². The third kappa shape index (κ3) is 3.13. The zero-order valence-electron chi connectivity index (χ0n) is 10.6. The van der Waals surface area contributed by atoms with E-state index in [0.717, 1.165) is 0 Å². The zero-order valence-corrected chi connectivity index (χ0v) is 10.6. The van der Waals surface area contributed by atoms with Gasteiger partial charge in [-0.2, -0.15) is 0 Å². The Morgan fingerprint density at radius 1 is 1.32 bits per heavy atom. The van der Waals surface area contributed by atoms with Crippen LogP contribution in [-0.2, 0) is 6.54 Å². The number of rotatable bonds is 4. The monoisotopic (exact) mass is 262 g/mol. The molecule has 19 heavy (non-hydrogen) atoms. The number of aromatic nitrogens is 1. The van der Waals surface area contributed by atoms with Crippen molar-refractivity contribution in [1.82, 2.24) is 4.57 Å². The Hall–Kier alpha value is -2.30. The van der Waals surface area contributed by atoms with Crippen LogP contribution in [0.2, 0.25) is 0 Å². The molecule has 1 aromatic carbocycles. The van der Waals surface area contributed by atoms with Gasteiger partial charge >= 0.3 is 0 Å². The van der Waals surface area contributed by atoms with E-state index in [-0.39, 0.29) is 23.7 Å². The molecule has 0 aliphatic rings. The normalized spacial score (nSPS) is 10.4. The molecule has 1 aromatic heterocycles. The molecule has 5 heteroatoms. The molecule has 1 heterocycles. The van der Waals surface area contributed by atoms with Crippen LogP contribution in [-0.4, -0.2) is 11.2 Å². The molecule has 2 N–H and O–H groups in total. The second-order valence-electron chi connectivity index (χ2n) is 4.23. The van der Waals surface area contributed by atoms with E-state index in [1.165, 1.54) is 16.8 Å². The van der Waals surface area contributed by atoms with E-state index in [0.29, 0.717) is 17.8 Å². The summed E-state index contributed by atoms with van der Waals surface area (Å²) in [4.78, 5) is 11.5. The fraction of sp³-hybridized carbons (Fsp3) is 0.214. The van der Waals surface area contributed by atoms with E-state index in [2.05, 4.69) is 0 Å². The van der Waals surface area contributed by atoms with Crippen LogP contribution in [0, 0.1) is 12.7 Å². The third-order valence-corrected chi connectivity index (χ3v) is 2.75. The number of ether oxygens (including phenoxy) is 1. The van der Waals surface area contributed by atoms with Crippen LogP contribution in [0.4, 0.5) is 10.1 Å². The van der Waals surface area contributed by atoms with E-state index in [9.17, 15) is 9.18 Å². The van der Waals surface area contributed by atoms with Crippen LogP contribution >= 0.6 is 0 Å². The molecule has 0 saturated heterocycles. The number of anilines is 1. The molecule has 2 rings (SSSR count). The van der Waals surface area contributed by atoms with Crippen molar-refractivity contribution >= 4 is 5.69 Å². The van der Waals surface area contributed by atoms with E-state index >= 15 is 0 Å². The van der Waals surface area contributed by atoms with Crippen molar-refractivity contribution in [3.63, 3.8) is 0 Å². The Balaban J connectivity index is 2.02. The summed E-state index contributed by atoms with van der Waals surface area (Å²) in [6.45, 7) is 2.19. The van der Waals surface area contributed by atoms with Crippen molar-refractivity contribution in [3.8, 4) is 5.75 Å². The van der Waals surface area contributed by atoms with Crippen LogP contribution in [0.15, 0.2) is 41.3 Å². The first kappa shape index (κ1) is 13.1. The summed E-state index contributed by atoms with van der Waals surface area (Å²) in [6, 6.07) is 7.89. The highest BCUT2D eigenvalue weighted by Crippen LogP contribution is 2.19. The van der Waals surface area contributed by atoms with Crippen molar-refractivity contribution in [1.29, 1.82) is 0 Å². The number of nitrogen functional groups attached to an aromatic ring is 1. The Kier molecular flexibility index (Phi) is 3.85. The molecule has 0 fully saturated rings. The van der Waals surface area contributed by atoms with Gasteiger partial charge in [-0.05, 0) is 24.6 Å². The number of aryl methyl sites for hydroxylation is 1. The molecule has 0 saturated carbocycles. The lowest BCUT2D eigenvalue weighted by atomic mass is 10.2. The second-order valence-corrected chi connectivity index (χ2v) is 4.23. The first-order valence-corrected chi connectivity index (χ1v) is 5.92. The lowest BCUT2D eigenvalue weighted by Gasteiger charge is -2.10. The maximum absolute atomic E-state index is 13.7. The standard InChI is InChI=1S/C14H15FN2O2/c1-10-3-2-4-12(14(10)15)19-8-7-17-9-11(16)5-6-13(17)18/h2-6,9H,7-8,16H2,1H3. The Morgan fingerprint density at radius 3 is 2.89 bits per heavy atom. The van der Waals surface area contributed by atoms with Crippen molar-refractivity contribution < 1.29 is 9.13 Å². The van der Waals surface area contributed by atoms with Gasteiger partial charge in [0.15, 0.2) is 11.6 Å². The van der Waals surface area contributed by atoms with Crippen LogP contribution < -0.4 is 16.0 Å². The summed E-state index contributed by atoms with van der Waals surface area (Å²) in [5.74, 6) is -0.181. The number of nitrogens with zero attached hydrogens (tertiary/aromatic N) is 1. The molecule has 0 spiro atoms. The number of pyridine rings is 1. The molecule has 0 bridgehead atoms. The van der Waals surface area contributed by atoms with E-state index in [1.807, 2.05) is 0 Å². The largest absolute Gasteiger partial charge is 0.489 e. The molecular formula is C14H15FN2O2. The van der Waals surface area contributed by atoms with Gasteiger partial charge in [0.2, 0.25) is 0 Å². The first-order chi connectivity index (χ1) is 9.08. The molecule has 0 amide bonds. The van der Waals surface area contributed by atoms with Gasteiger partial charge in [0.25, 0.3) is 5.56 Å². The van der Waals surface area contributed by atoms with Crippen LogP contribution in [0.25, 0.3) is 0 Å². The molecular weight excluding hydrogens is 247 g/mol. The number of benzene rings is 1. The Labute approximate surface area is 110 Å². The highest BCUT2D eigenvalue weighted by atomic mass is 19.1.